The maximum Gasteiger partial charge on any atom is 0.0513 e. The molecule has 0 saturated carbocycles. The fourth-order valence-corrected chi connectivity index (χ4v) is 3.18. The summed E-state index contributed by atoms with van der Waals surface area (Å²) in [5.74, 6) is 0.696. The second kappa shape index (κ2) is 5.40. The Morgan fingerprint density at radius 2 is 2.18 bits per heavy atom. The van der Waals surface area contributed by atoms with E-state index in [1.54, 1.807) is 0 Å². The molecule has 2 nitrogen and oxygen atoms in total. The number of benzene rings is 1. The molecule has 1 N–H and O–H groups in total. The highest BCUT2D eigenvalue weighted by Crippen LogP contribution is 2.32. The number of rotatable bonds is 2. The molecule has 1 saturated heterocycles. The third-order valence-corrected chi connectivity index (χ3v) is 4.82. The summed E-state index contributed by atoms with van der Waals surface area (Å²) in [4.78, 5) is 2.50. The molecule has 1 aromatic rings. The standard InChI is InChI=1S/C14H21BrN2/c1-10-5-4-6-13(14(10)15)17-8-7-12(16-3)11(2)9-17/h4-6,11-12,16H,7-9H2,1-3H3. The minimum absolute atomic E-state index is 0.662. The van der Waals surface area contributed by atoms with E-state index < -0.39 is 0 Å². The van der Waals surface area contributed by atoms with Crippen LogP contribution in [0.25, 0.3) is 0 Å². The second-order valence-corrected chi connectivity index (χ2v) is 5.81. The average molecular weight is 297 g/mol. The third-order valence-electron chi connectivity index (χ3n) is 3.79. The first-order chi connectivity index (χ1) is 8.13. The molecule has 0 radical (unpaired) electrons. The van der Waals surface area contributed by atoms with Crippen LogP contribution in [0.5, 0.6) is 0 Å². The minimum atomic E-state index is 0.662. The van der Waals surface area contributed by atoms with Crippen LogP contribution >= 0.6 is 15.9 Å². The monoisotopic (exact) mass is 296 g/mol. The van der Waals surface area contributed by atoms with Crippen molar-refractivity contribution in [3.8, 4) is 0 Å². The molecule has 0 aliphatic carbocycles. The van der Waals surface area contributed by atoms with Crippen LogP contribution < -0.4 is 10.2 Å². The van der Waals surface area contributed by atoms with E-state index in [4.69, 9.17) is 0 Å². The van der Waals surface area contributed by atoms with Crippen LogP contribution in [0, 0.1) is 12.8 Å². The molecular formula is C14H21BrN2. The Bertz CT molecular complexity index is 392. The molecule has 0 spiro atoms. The van der Waals surface area contributed by atoms with E-state index in [1.165, 1.54) is 22.1 Å². The second-order valence-electron chi connectivity index (χ2n) is 5.02. The van der Waals surface area contributed by atoms with Gasteiger partial charge in [-0.15, -0.1) is 0 Å². The van der Waals surface area contributed by atoms with Crippen molar-refractivity contribution in [3.05, 3.63) is 28.2 Å². The zero-order valence-corrected chi connectivity index (χ0v) is 12.4. The molecule has 17 heavy (non-hydrogen) atoms. The van der Waals surface area contributed by atoms with E-state index in [0.717, 1.165) is 13.1 Å². The van der Waals surface area contributed by atoms with Gasteiger partial charge in [0.1, 0.15) is 0 Å². The number of aryl methyl sites for hydroxylation is 1. The van der Waals surface area contributed by atoms with Crippen LogP contribution in [0.3, 0.4) is 0 Å². The Balaban J connectivity index is 2.16. The van der Waals surface area contributed by atoms with E-state index in [-0.39, 0.29) is 0 Å². The summed E-state index contributed by atoms with van der Waals surface area (Å²) < 4.78 is 1.25. The van der Waals surface area contributed by atoms with E-state index in [0.29, 0.717) is 12.0 Å². The highest BCUT2D eigenvalue weighted by atomic mass is 79.9. The Hall–Kier alpha value is -0.540. The summed E-state index contributed by atoms with van der Waals surface area (Å²) in [6.45, 7) is 6.75. The Labute approximate surface area is 113 Å². The first-order valence-electron chi connectivity index (χ1n) is 6.30. The van der Waals surface area contributed by atoms with Gasteiger partial charge in [0.15, 0.2) is 0 Å². The Kier molecular flexibility index (Phi) is 4.10. The van der Waals surface area contributed by atoms with Crippen molar-refractivity contribution < 1.29 is 0 Å². The maximum atomic E-state index is 3.71. The van der Waals surface area contributed by atoms with Gasteiger partial charge >= 0.3 is 0 Å². The van der Waals surface area contributed by atoms with Crippen LogP contribution in [0.2, 0.25) is 0 Å². The molecule has 1 fully saturated rings. The van der Waals surface area contributed by atoms with Gasteiger partial charge in [0, 0.05) is 23.6 Å². The van der Waals surface area contributed by atoms with Crippen molar-refractivity contribution in [1.29, 1.82) is 0 Å². The quantitative estimate of drug-likeness (QED) is 0.902. The van der Waals surface area contributed by atoms with E-state index >= 15 is 0 Å². The van der Waals surface area contributed by atoms with Crippen LogP contribution in [0.1, 0.15) is 18.9 Å². The SMILES string of the molecule is CNC1CCN(c2cccc(C)c2Br)CC1C. The van der Waals surface area contributed by atoms with Gasteiger partial charge in [-0.05, 0) is 53.9 Å². The van der Waals surface area contributed by atoms with Crippen molar-refractivity contribution in [2.45, 2.75) is 26.3 Å². The summed E-state index contributed by atoms with van der Waals surface area (Å²) in [5.41, 5.74) is 2.65. The molecule has 3 heteroatoms. The largest absolute Gasteiger partial charge is 0.370 e. The number of hydrogen-bond donors (Lipinski definition) is 1. The molecule has 2 rings (SSSR count). The highest BCUT2D eigenvalue weighted by Gasteiger charge is 2.25. The predicted octanol–water partition coefficient (Wildman–Crippen LogP) is 3.19. The summed E-state index contributed by atoms with van der Waals surface area (Å²) in [5, 5.41) is 3.41. The van der Waals surface area contributed by atoms with Crippen LogP contribution in [0.15, 0.2) is 22.7 Å². The van der Waals surface area contributed by atoms with E-state index in [2.05, 4.69) is 65.2 Å². The smallest absolute Gasteiger partial charge is 0.0513 e. The lowest BCUT2D eigenvalue weighted by atomic mass is 9.93. The fourth-order valence-electron chi connectivity index (χ4n) is 2.67. The molecule has 1 aliphatic heterocycles. The van der Waals surface area contributed by atoms with Crippen molar-refractivity contribution in [2.24, 2.45) is 5.92 Å². The van der Waals surface area contributed by atoms with Gasteiger partial charge in [-0.3, -0.25) is 0 Å². The molecular weight excluding hydrogens is 276 g/mol. The van der Waals surface area contributed by atoms with Gasteiger partial charge in [0.2, 0.25) is 0 Å². The summed E-state index contributed by atoms with van der Waals surface area (Å²) in [6.07, 6.45) is 1.22. The molecule has 94 valence electrons. The van der Waals surface area contributed by atoms with Crippen LogP contribution in [-0.2, 0) is 0 Å². The topological polar surface area (TPSA) is 15.3 Å². The molecule has 0 aromatic heterocycles. The molecule has 1 aliphatic rings. The number of halogens is 1. The molecule has 1 heterocycles. The number of nitrogens with one attached hydrogen (secondary N) is 1. The average Bonchev–Trinajstić information content (AvgIpc) is 2.32. The first kappa shape index (κ1) is 12.9. The zero-order valence-electron chi connectivity index (χ0n) is 10.8. The molecule has 0 amide bonds. The summed E-state index contributed by atoms with van der Waals surface area (Å²) in [7, 11) is 2.07. The van der Waals surface area contributed by atoms with Crippen molar-refractivity contribution in [1.82, 2.24) is 5.32 Å². The summed E-state index contributed by atoms with van der Waals surface area (Å²) in [6, 6.07) is 7.17. The lowest BCUT2D eigenvalue weighted by Gasteiger charge is -2.38. The first-order valence-corrected chi connectivity index (χ1v) is 7.10. The number of hydrogen-bond acceptors (Lipinski definition) is 2. The highest BCUT2D eigenvalue weighted by molar-refractivity contribution is 9.10. The third kappa shape index (κ3) is 2.66. The van der Waals surface area contributed by atoms with Crippen molar-refractivity contribution in [3.63, 3.8) is 0 Å². The lowest BCUT2D eigenvalue weighted by molar-refractivity contribution is 0.338. The maximum absolute atomic E-state index is 3.71. The Morgan fingerprint density at radius 3 is 2.82 bits per heavy atom. The molecule has 2 atom stereocenters. The van der Waals surface area contributed by atoms with E-state index in [9.17, 15) is 0 Å². The van der Waals surface area contributed by atoms with Crippen LogP contribution in [0.4, 0.5) is 5.69 Å². The number of nitrogens with zero attached hydrogens (tertiary/aromatic N) is 1. The van der Waals surface area contributed by atoms with Gasteiger partial charge in [-0.2, -0.15) is 0 Å². The van der Waals surface area contributed by atoms with Gasteiger partial charge in [0.05, 0.1) is 5.69 Å². The van der Waals surface area contributed by atoms with E-state index in [1.807, 2.05) is 0 Å². The summed E-state index contributed by atoms with van der Waals surface area (Å²) >= 11 is 3.71. The molecule has 2 unspecified atom stereocenters. The minimum Gasteiger partial charge on any atom is -0.370 e. The van der Waals surface area contributed by atoms with Crippen LogP contribution in [-0.4, -0.2) is 26.2 Å². The Morgan fingerprint density at radius 1 is 1.41 bits per heavy atom. The van der Waals surface area contributed by atoms with Crippen molar-refractivity contribution >= 4 is 21.6 Å². The van der Waals surface area contributed by atoms with Gasteiger partial charge < -0.3 is 10.2 Å². The van der Waals surface area contributed by atoms with Gasteiger partial charge in [-0.25, -0.2) is 0 Å². The zero-order chi connectivity index (χ0) is 12.4. The normalized spacial score (nSPS) is 25.1. The lowest BCUT2D eigenvalue weighted by Crippen LogP contribution is -2.47. The number of piperidine rings is 1. The van der Waals surface area contributed by atoms with Gasteiger partial charge in [0.25, 0.3) is 0 Å². The predicted molar refractivity (Wildman–Crippen MR) is 77.7 cm³/mol. The van der Waals surface area contributed by atoms with Gasteiger partial charge in [-0.1, -0.05) is 19.1 Å². The molecule has 1 aromatic carbocycles. The van der Waals surface area contributed by atoms with Crippen molar-refractivity contribution in [2.75, 3.05) is 25.0 Å². The molecule has 0 bridgehead atoms. The number of anilines is 1. The fraction of sp³-hybridized carbons (Fsp3) is 0.571.